The quantitative estimate of drug-likeness (QED) is 0.408. The second-order valence-electron chi connectivity index (χ2n) is 7.91. The second-order valence-corrected chi connectivity index (χ2v) is 10.8. The van der Waals surface area contributed by atoms with E-state index >= 15 is 0 Å². The van der Waals surface area contributed by atoms with E-state index in [0.29, 0.717) is 37.1 Å². The Hall–Kier alpha value is -2.99. The van der Waals surface area contributed by atoms with Crippen molar-refractivity contribution in [1.82, 2.24) is 18.9 Å². The van der Waals surface area contributed by atoms with Crippen molar-refractivity contribution >= 4 is 49.9 Å². The van der Waals surface area contributed by atoms with E-state index in [4.69, 9.17) is 4.74 Å². The van der Waals surface area contributed by atoms with Crippen LogP contribution in [-0.2, 0) is 19.6 Å². The van der Waals surface area contributed by atoms with Crippen LogP contribution in [0.15, 0.2) is 64.6 Å². The normalized spacial score (nSPS) is 15.1. The number of aromatic nitrogens is 3. The number of anilines is 1. The number of carbonyl (C=O) groups excluding carboxylic acids is 1. The average molecular weight is 498 g/mol. The number of nitrogens with one attached hydrogen (secondary N) is 1. The Morgan fingerprint density at radius 2 is 1.82 bits per heavy atom. The van der Waals surface area contributed by atoms with Crippen LogP contribution in [0.1, 0.15) is 5.56 Å². The van der Waals surface area contributed by atoms with Crippen molar-refractivity contribution in [2.75, 3.05) is 37.4 Å². The van der Waals surface area contributed by atoms with Gasteiger partial charge in [-0.2, -0.15) is 4.31 Å². The maximum Gasteiger partial charge on any atom is 0.243 e. The minimum absolute atomic E-state index is 0.136. The minimum Gasteiger partial charge on any atom is -0.379 e. The fraction of sp³-hybridized carbons (Fsp3) is 0.261. The van der Waals surface area contributed by atoms with E-state index in [1.165, 1.54) is 28.2 Å². The first-order valence-electron chi connectivity index (χ1n) is 10.8. The zero-order valence-corrected chi connectivity index (χ0v) is 20.1. The molecule has 0 atom stereocenters. The third-order valence-corrected chi connectivity index (χ3v) is 8.46. The Labute approximate surface area is 201 Å². The van der Waals surface area contributed by atoms with Crippen LogP contribution in [0.25, 0.3) is 16.6 Å². The number of carbonyl (C=O) groups is 1. The number of fused-ring (bicyclic) bond motifs is 3. The minimum atomic E-state index is -3.57. The van der Waals surface area contributed by atoms with Crippen molar-refractivity contribution in [2.45, 2.75) is 17.0 Å². The summed E-state index contributed by atoms with van der Waals surface area (Å²) in [7, 11) is -3.57. The molecule has 9 nitrogen and oxygen atoms in total. The molecule has 0 spiro atoms. The maximum absolute atomic E-state index is 12.7. The van der Waals surface area contributed by atoms with Crippen LogP contribution < -0.4 is 5.32 Å². The van der Waals surface area contributed by atoms with Crippen molar-refractivity contribution in [1.29, 1.82) is 0 Å². The monoisotopic (exact) mass is 497 g/mol. The third kappa shape index (κ3) is 4.39. The van der Waals surface area contributed by atoms with Gasteiger partial charge in [0.2, 0.25) is 15.9 Å². The number of hydrogen-bond donors (Lipinski definition) is 1. The van der Waals surface area contributed by atoms with Gasteiger partial charge in [-0.1, -0.05) is 30.0 Å². The largest absolute Gasteiger partial charge is 0.379 e. The molecule has 0 aliphatic carbocycles. The standard InChI is InChI=1S/C23H23N5O4S2/c1-16-14-17-4-2-3-5-20(17)28-22(16)25-26-23(28)33-15-21(29)24-18-6-8-19(9-7-18)34(30,31)27-10-12-32-13-11-27/h2-9,14H,10-13,15H2,1H3,(H,24,29). The number of nitrogens with zero attached hydrogens (tertiary/aromatic N) is 4. The Morgan fingerprint density at radius 3 is 2.59 bits per heavy atom. The van der Waals surface area contributed by atoms with E-state index in [2.05, 4.69) is 21.6 Å². The van der Waals surface area contributed by atoms with Crippen LogP contribution in [0.5, 0.6) is 0 Å². The van der Waals surface area contributed by atoms with E-state index < -0.39 is 10.0 Å². The molecule has 0 bridgehead atoms. The molecule has 1 aliphatic heterocycles. The number of para-hydroxylation sites is 1. The predicted octanol–water partition coefficient (Wildman–Crippen LogP) is 2.94. The molecule has 1 N–H and O–H groups in total. The van der Waals surface area contributed by atoms with Crippen molar-refractivity contribution in [2.24, 2.45) is 0 Å². The molecule has 0 saturated carbocycles. The second kappa shape index (κ2) is 9.34. The van der Waals surface area contributed by atoms with Gasteiger partial charge in [0.25, 0.3) is 0 Å². The highest BCUT2D eigenvalue weighted by atomic mass is 32.2. The van der Waals surface area contributed by atoms with Crippen molar-refractivity contribution in [3.05, 3.63) is 60.2 Å². The van der Waals surface area contributed by atoms with Crippen LogP contribution >= 0.6 is 11.8 Å². The first-order valence-corrected chi connectivity index (χ1v) is 13.2. The fourth-order valence-electron chi connectivity index (χ4n) is 3.92. The van der Waals surface area contributed by atoms with Gasteiger partial charge in [-0.05, 0) is 54.3 Å². The van der Waals surface area contributed by atoms with Crippen molar-refractivity contribution in [3.8, 4) is 0 Å². The van der Waals surface area contributed by atoms with E-state index in [1.807, 2.05) is 35.6 Å². The van der Waals surface area contributed by atoms with Crippen LogP contribution in [0.3, 0.4) is 0 Å². The van der Waals surface area contributed by atoms with Gasteiger partial charge in [-0.3, -0.25) is 9.20 Å². The molecule has 0 unspecified atom stereocenters. The van der Waals surface area contributed by atoms with Gasteiger partial charge in [0.05, 0.1) is 29.4 Å². The van der Waals surface area contributed by atoms with Gasteiger partial charge >= 0.3 is 0 Å². The van der Waals surface area contributed by atoms with Gasteiger partial charge in [0, 0.05) is 18.8 Å². The number of morpholine rings is 1. The van der Waals surface area contributed by atoms with Crippen LogP contribution in [0.4, 0.5) is 5.69 Å². The first kappa shape index (κ1) is 22.8. The SMILES string of the molecule is Cc1cc2ccccc2n2c(SCC(=O)Nc3ccc(S(=O)(=O)N4CCOCC4)cc3)nnc12. The summed E-state index contributed by atoms with van der Waals surface area (Å²) in [6, 6.07) is 16.3. The summed E-state index contributed by atoms with van der Waals surface area (Å²) in [4.78, 5) is 12.8. The highest BCUT2D eigenvalue weighted by molar-refractivity contribution is 7.99. The number of benzene rings is 2. The molecule has 2 aromatic heterocycles. The molecule has 0 radical (unpaired) electrons. The molecule has 2 aromatic carbocycles. The van der Waals surface area contributed by atoms with Crippen LogP contribution in [0.2, 0.25) is 0 Å². The summed E-state index contributed by atoms with van der Waals surface area (Å²) in [5.74, 6) is -0.0841. The first-order chi connectivity index (χ1) is 16.4. The molecule has 1 aliphatic rings. The highest BCUT2D eigenvalue weighted by Crippen LogP contribution is 2.26. The zero-order chi connectivity index (χ0) is 23.7. The number of thioether (sulfide) groups is 1. The topological polar surface area (TPSA) is 106 Å². The molecule has 34 heavy (non-hydrogen) atoms. The number of amides is 1. The lowest BCUT2D eigenvalue weighted by Crippen LogP contribution is -2.40. The number of ether oxygens (including phenoxy) is 1. The van der Waals surface area contributed by atoms with Gasteiger partial charge in [0.1, 0.15) is 0 Å². The van der Waals surface area contributed by atoms with Crippen molar-refractivity contribution in [3.63, 3.8) is 0 Å². The summed E-state index contributed by atoms with van der Waals surface area (Å²) >= 11 is 1.30. The number of rotatable bonds is 6. The molecule has 5 rings (SSSR count). The Balaban J connectivity index is 1.27. The smallest absolute Gasteiger partial charge is 0.243 e. The van der Waals surface area contributed by atoms with E-state index in [1.54, 1.807) is 12.1 Å². The molecule has 11 heteroatoms. The zero-order valence-electron chi connectivity index (χ0n) is 18.5. The highest BCUT2D eigenvalue weighted by Gasteiger charge is 2.26. The fourth-order valence-corrected chi connectivity index (χ4v) is 6.07. The number of pyridine rings is 1. The summed E-state index contributed by atoms with van der Waals surface area (Å²) in [5, 5.41) is 13.1. The predicted molar refractivity (Wildman–Crippen MR) is 131 cm³/mol. The number of sulfonamides is 1. The average Bonchev–Trinajstić information content (AvgIpc) is 3.29. The molecule has 1 saturated heterocycles. The van der Waals surface area contributed by atoms with Gasteiger partial charge in [-0.25, -0.2) is 8.42 Å². The molecule has 4 aromatic rings. The van der Waals surface area contributed by atoms with Gasteiger partial charge in [0.15, 0.2) is 10.8 Å². The molecule has 1 amide bonds. The Kier molecular flexibility index (Phi) is 6.26. The van der Waals surface area contributed by atoms with Crippen LogP contribution in [0, 0.1) is 6.92 Å². The lowest BCUT2D eigenvalue weighted by Gasteiger charge is -2.26. The molecular formula is C23H23N5O4S2. The van der Waals surface area contributed by atoms with Crippen molar-refractivity contribution < 1.29 is 17.9 Å². The summed E-state index contributed by atoms with van der Waals surface area (Å²) < 4.78 is 34.1. The summed E-state index contributed by atoms with van der Waals surface area (Å²) in [6.45, 7) is 3.44. The lowest BCUT2D eigenvalue weighted by atomic mass is 10.1. The van der Waals surface area contributed by atoms with E-state index in [0.717, 1.165) is 22.1 Å². The van der Waals surface area contributed by atoms with Gasteiger partial charge in [-0.15, -0.1) is 10.2 Å². The Bertz CT molecular complexity index is 1460. The molecular weight excluding hydrogens is 474 g/mol. The molecule has 1 fully saturated rings. The number of hydrogen-bond acceptors (Lipinski definition) is 7. The molecule has 3 heterocycles. The van der Waals surface area contributed by atoms with E-state index in [9.17, 15) is 13.2 Å². The summed E-state index contributed by atoms with van der Waals surface area (Å²) in [6.07, 6.45) is 0. The number of aryl methyl sites for hydroxylation is 1. The summed E-state index contributed by atoms with van der Waals surface area (Å²) in [5.41, 5.74) is 3.28. The van der Waals surface area contributed by atoms with Crippen LogP contribution in [-0.4, -0.2) is 65.3 Å². The van der Waals surface area contributed by atoms with Gasteiger partial charge < -0.3 is 10.1 Å². The third-order valence-electron chi connectivity index (χ3n) is 5.61. The Morgan fingerprint density at radius 1 is 1.09 bits per heavy atom. The van der Waals surface area contributed by atoms with E-state index in [-0.39, 0.29) is 16.6 Å². The maximum atomic E-state index is 12.7. The lowest BCUT2D eigenvalue weighted by molar-refractivity contribution is -0.113. The molecule has 176 valence electrons.